The molecule has 1 aliphatic heterocycles. The number of alkyl halides is 3. The molecule has 0 radical (unpaired) electrons. The number of aromatic nitrogens is 1. The molecule has 1 atom stereocenters. The number of benzene rings is 1. The number of carbonyl (C=O) groups excluding carboxylic acids is 1. The molecule has 1 aromatic heterocycles. The molecular formula is C28H27F3N4O3S. The molecule has 1 unspecified atom stereocenters. The van der Waals surface area contributed by atoms with E-state index in [9.17, 15) is 28.5 Å². The van der Waals surface area contributed by atoms with Crippen LogP contribution < -0.4 is 5.73 Å². The third kappa shape index (κ3) is 6.21. The number of esters is 1. The molecular weight excluding hydrogens is 529 g/mol. The first-order chi connectivity index (χ1) is 18.3. The average molecular weight is 557 g/mol. The predicted octanol–water partition coefficient (Wildman–Crippen LogP) is 6.25. The molecule has 7 nitrogen and oxygen atoms in total. The van der Waals surface area contributed by atoms with Crippen LogP contribution in [0.2, 0.25) is 0 Å². The van der Waals surface area contributed by atoms with Crippen molar-refractivity contribution in [3.05, 3.63) is 81.1 Å². The van der Waals surface area contributed by atoms with E-state index in [1.165, 1.54) is 7.11 Å². The largest absolute Gasteiger partial charge is 0.466 e. The second kappa shape index (κ2) is 11.8. The van der Waals surface area contributed by atoms with Crippen molar-refractivity contribution in [3.8, 4) is 12.1 Å². The molecule has 0 saturated heterocycles. The fourth-order valence-electron chi connectivity index (χ4n) is 4.07. The Labute approximate surface area is 229 Å². The summed E-state index contributed by atoms with van der Waals surface area (Å²) in [5.74, 6) is -2.26. The van der Waals surface area contributed by atoms with Gasteiger partial charge in [-0.15, -0.1) is 0 Å². The second-order valence-corrected chi connectivity index (χ2v) is 10.4. The van der Waals surface area contributed by atoms with Crippen LogP contribution in [0.5, 0.6) is 0 Å². The Balaban J connectivity index is 2.15. The predicted molar refractivity (Wildman–Crippen MR) is 139 cm³/mol. The number of halogens is 3. The number of nitriles is 2. The van der Waals surface area contributed by atoms with Crippen LogP contribution >= 0.6 is 11.8 Å². The van der Waals surface area contributed by atoms with E-state index in [4.69, 9.17) is 15.2 Å². The molecule has 2 heterocycles. The van der Waals surface area contributed by atoms with E-state index >= 15 is 0 Å². The highest BCUT2D eigenvalue weighted by atomic mass is 32.2. The van der Waals surface area contributed by atoms with Gasteiger partial charge in [0.25, 0.3) is 0 Å². The van der Waals surface area contributed by atoms with Crippen molar-refractivity contribution in [2.45, 2.75) is 56.7 Å². The summed E-state index contributed by atoms with van der Waals surface area (Å²) < 4.78 is 52.0. The van der Waals surface area contributed by atoms with Gasteiger partial charge in [0, 0.05) is 5.69 Å². The van der Waals surface area contributed by atoms with Gasteiger partial charge in [-0.1, -0.05) is 63.7 Å². The minimum absolute atomic E-state index is 0.00144. The molecule has 0 aliphatic carbocycles. The van der Waals surface area contributed by atoms with Gasteiger partial charge in [-0.25, -0.2) is 9.78 Å². The number of allylic oxidation sites excluding steroid dienone is 1. The summed E-state index contributed by atoms with van der Waals surface area (Å²) in [6.45, 7) is 7.43. The zero-order valence-electron chi connectivity index (χ0n) is 22.0. The number of methoxy groups -OCH3 is 1. The summed E-state index contributed by atoms with van der Waals surface area (Å²) in [7, 11) is 1.17. The molecule has 0 spiro atoms. The number of rotatable bonds is 7. The van der Waals surface area contributed by atoms with Gasteiger partial charge in [-0.05, 0) is 29.0 Å². The van der Waals surface area contributed by atoms with E-state index in [1.54, 1.807) is 32.0 Å². The van der Waals surface area contributed by atoms with E-state index in [-0.39, 0.29) is 51.1 Å². The average Bonchev–Trinajstić information content (AvgIpc) is 2.89. The molecule has 0 saturated carbocycles. The molecule has 0 amide bonds. The number of thioether (sulfide) groups is 1. The van der Waals surface area contributed by atoms with Gasteiger partial charge in [-0.3, -0.25) is 0 Å². The van der Waals surface area contributed by atoms with Gasteiger partial charge in [0.05, 0.1) is 35.5 Å². The highest BCUT2D eigenvalue weighted by Gasteiger charge is 2.39. The summed E-state index contributed by atoms with van der Waals surface area (Å²) in [6.07, 6.45) is -4.77. The molecule has 1 aliphatic rings. The summed E-state index contributed by atoms with van der Waals surface area (Å²) in [6, 6.07) is 11.8. The Hall–Kier alpha value is -3.96. The number of pyridine rings is 1. The van der Waals surface area contributed by atoms with Gasteiger partial charge >= 0.3 is 12.1 Å². The van der Waals surface area contributed by atoms with Gasteiger partial charge < -0.3 is 15.2 Å². The van der Waals surface area contributed by atoms with Gasteiger partial charge in [-0.2, -0.15) is 23.7 Å². The van der Waals surface area contributed by atoms with Crippen molar-refractivity contribution in [3.63, 3.8) is 0 Å². The molecule has 2 N–H and O–H groups in total. The number of hydrogen-bond donors (Lipinski definition) is 1. The summed E-state index contributed by atoms with van der Waals surface area (Å²) >= 11 is 0.801. The van der Waals surface area contributed by atoms with Crippen LogP contribution in [-0.2, 0) is 20.4 Å². The first-order valence-corrected chi connectivity index (χ1v) is 13.0. The topological polar surface area (TPSA) is 122 Å². The fraction of sp³-hybridized carbons (Fsp3) is 0.357. The summed E-state index contributed by atoms with van der Waals surface area (Å²) in [5.41, 5.74) is 6.13. The molecule has 11 heteroatoms. The first kappa shape index (κ1) is 29.6. The number of nitrogens with two attached hydrogens (primary N) is 1. The highest BCUT2D eigenvalue weighted by molar-refractivity contribution is 7.99. The normalized spacial score (nSPS) is 15.7. The maximum absolute atomic E-state index is 13.8. The van der Waals surface area contributed by atoms with E-state index in [2.05, 4.69) is 4.98 Å². The Morgan fingerprint density at radius 2 is 1.79 bits per heavy atom. The van der Waals surface area contributed by atoms with E-state index in [0.717, 1.165) is 23.4 Å². The molecule has 1 aromatic carbocycles. The number of hydrogen-bond acceptors (Lipinski definition) is 8. The monoisotopic (exact) mass is 556 g/mol. The zero-order valence-corrected chi connectivity index (χ0v) is 22.8. The van der Waals surface area contributed by atoms with E-state index in [1.807, 2.05) is 32.0 Å². The maximum atomic E-state index is 13.8. The Morgan fingerprint density at radius 1 is 1.15 bits per heavy atom. The molecule has 3 rings (SSSR count). The van der Waals surface area contributed by atoms with Crippen molar-refractivity contribution >= 4 is 17.7 Å². The van der Waals surface area contributed by atoms with Crippen molar-refractivity contribution in [2.75, 3.05) is 12.9 Å². The molecule has 0 fully saturated rings. The van der Waals surface area contributed by atoms with Crippen molar-refractivity contribution in [1.29, 1.82) is 10.5 Å². The first-order valence-electron chi connectivity index (χ1n) is 12.0. The zero-order chi connectivity index (χ0) is 29.1. The van der Waals surface area contributed by atoms with E-state index < -0.39 is 29.2 Å². The van der Waals surface area contributed by atoms with Crippen molar-refractivity contribution in [2.24, 2.45) is 5.73 Å². The highest BCUT2D eigenvalue weighted by Crippen LogP contribution is 2.42. The lowest BCUT2D eigenvalue weighted by Crippen LogP contribution is -2.26. The van der Waals surface area contributed by atoms with Gasteiger partial charge in [0.2, 0.25) is 5.88 Å². The van der Waals surface area contributed by atoms with Crippen LogP contribution in [0.3, 0.4) is 0 Å². The number of nitrogens with zero attached hydrogens (tertiary/aromatic N) is 3. The molecule has 2 aromatic rings. The van der Waals surface area contributed by atoms with Crippen molar-refractivity contribution < 1.29 is 27.4 Å². The Morgan fingerprint density at radius 3 is 2.28 bits per heavy atom. The van der Waals surface area contributed by atoms with Crippen LogP contribution in [0.4, 0.5) is 13.2 Å². The molecule has 0 bridgehead atoms. The SMILES string of the molecule is COC(=O)C1=C(CSc2nc(C(C)C)cc(C(F)(F)F)c2C#N)OC(N)=C(C#N)C1c1ccc(C(C)C)cc1. The van der Waals surface area contributed by atoms with Crippen LogP contribution in [0.1, 0.15) is 73.4 Å². The van der Waals surface area contributed by atoms with Gasteiger partial charge in [0.1, 0.15) is 28.5 Å². The van der Waals surface area contributed by atoms with Crippen LogP contribution in [0.15, 0.2) is 58.1 Å². The summed E-state index contributed by atoms with van der Waals surface area (Å²) in [4.78, 5) is 17.3. The third-order valence-corrected chi connectivity index (χ3v) is 7.17. The number of ether oxygens (including phenoxy) is 2. The molecule has 39 heavy (non-hydrogen) atoms. The van der Waals surface area contributed by atoms with Crippen LogP contribution in [0.25, 0.3) is 0 Å². The quantitative estimate of drug-likeness (QED) is 0.314. The Kier molecular flexibility index (Phi) is 8.98. The van der Waals surface area contributed by atoms with Gasteiger partial charge in [0.15, 0.2) is 0 Å². The maximum Gasteiger partial charge on any atom is 0.417 e. The lowest BCUT2D eigenvalue weighted by Gasteiger charge is -2.28. The molecule has 204 valence electrons. The van der Waals surface area contributed by atoms with Crippen LogP contribution in [0, 0.1) is 22.7 Å². The lowest BCUT2D eigenvalue weighted by molar-refractivity contribution is -0.138. The minimum atomic E-state index is -4.77. The standard InChI is InChI=1S/C28H27F3N4O3S/c1-14(2)16-6-8-17(9-7-16)23-19(12-33)25(34)38-22(24(23)27(36)37-5)13-39-26-18(11-32)20(28(29,30)31)10-21(35-26)15(3)4/h6-10,14-15,23H,13,34H2,1-5H3. The Bertz CT molecular complexity index is 1420. The minimum Gasteiger partial charge on any atom is -0.466 e. The lowest BCUT2D eigenvalue weighted by atomic mass is 9.82. The second-order valence-electron chi connectivity index (χ2n) is 9.40. The smallest absolute Gasteiger partial charge is 0.417 e. The van der Waals surface area contributed by atoms with E-state index in [0.29, 0.717) is 5.56 Å². The fourth-order valence-corrected chi connectivity index (χ4v) is 5.02. The third-order valence-electron chi connectivity index (χ3n) is 6.19. The summed E-state index contributed by atoms with van der Waals surface area (Å²) in [5, 5.41) is 19.3. The number of carbonyl (C=O) groups is 1. The van der Waals surface area contributed by atoms with Crippen LogP contribution in [-0.4, -0.2) is 23.8 Å². The van der Waals surface area contributed by atoms with Crippen molar-refractivity contribution in [1.82, 2.24) is 4.98 Å².